The molecule has 11 nitrogen and oxygen atoms in total. The van der Waals surface area contributed by atoms with E-state index in [0.717, 1.165) is 0 Å². The third kappa shape index (κ3) is 5.46. The molecule has 0 fully saturated rings. The number of rotatable bonds is 7. The predicted molar refractivity (Wildman–Crippen MR) is 86.2 cm³/mol. The van der Waals surface area contributed by atoms with Crippen molar-refractivity contribution in [3.63, 3.8) is 0 Å². The molecule has 0 bridgehead atoms. The second kappa shape index (κ2) is 7.98. The van der Waals surface area contributed by atoms with Crippen LogP contribution in [-0.2, 0) is 10.2 Å². The van der Waals surface area contributed by atoms with E-state index in [9.17, 15) is 18.0 Å². The van der Waals surface area contributed by atoms with Crippen LogP contribution in [-0.4, -0.2) is 42.8 Å². The lowest BCUT2D eigenvalue weighted by molar-refractivity contribution is 0.234. The van der Waals surface area contributed by atoms with Crippen LogP contribution in [0.25, 0.3) is 0 Å². The summed E-state index contributed by atoms with van der Waals surface area (Å²) >= 11 is 0. The van der Waals surface area contributed by atoms with Crippen LogP contribution in [0.4, 0.5) is 15.9 Å². The minimum atomic E-state index is -4.67. The molecule has 0 aliphatic carbocycles. The predicted octanol–water partition coefficient (Wildman–Crippen LogP) is -0.221. The molecule has 1 heterocycles. The summed E-state index contributed by atoms with van der Waals surface area (Å²) in [5, 5.41) is 22.6. The highest BCUT2D eigenvalue weighted by Crippen LogP contribution is 2.19. The van der Waals surface area contributed by atoms with E-state index in [-0.39, 0.29) is 5.56 Å². The Hall–Kier alpha value is -2.61. The summed E-state index contributed by atoms with van der Waals surface area (Å²) in [5.41, 5.74) is 0.0709. The van der Waals surface area contributed by atoms with E-state index in [1.165, 1.54) is 11.6 Å². The summed E-state index contributed by atoms with van der Waals surface area (Å²) in [7, 11) is -4.67. The van der Waals surface area contributed by atoms with E-state index < -0.39 is 70.2 Å². The number of nitrogens with two attached hydrogens (primary N) is 1. The van der Waals surface area contributed by atoms with Crippen molar-refractivity contribution in [3.05, 3.63) is 35.2 Å². The zero-order valence-corrected chi connectivity index (χ0v) is 13.2. The van der Waals surface area contributed by atoms with Crippen molar-refractivity contribution in [2.24, 2.45) is 10.1 Å². The van der Waals surface area contributed by atoms with Crippen LogP contribution in [0.2, 0.25) is 0 Å². The van der Waals surface area contributed by atoms with Crippen molar-refractivity contribution in [2.45, 2.75) is 6.92 Å². The largest absolute Gasteiger partial charge is 0.364 e. The van der Waals surface area contributed by atoms with Gasteiger partial charge in [-0.15, -0.1) is 0 Å². The molecule has 0 radical (unpaired) electrons. The number of hydrogen-bond donors (Lipinski definition) is 5. The van der Waals surface area contributed by atoms with Gasteiger partial charge in [0.1, 0.15) is 5.82 Å². The average Bonchev–Trinajstić information content (AvgIpc) is 3.10. The highest BCUT2D eigenvalue weighted by molar-refractivity contribution is 7.87. The van der Waals surface area contributed by atoms with Crippen LogP contribution in [0.5, 0.6) is 0 Å². The lowest BCUT2D eigenvalue weighted by Gasteiger charge is -2.06. The number of hydroxylamine groups is 1. The summed E-state index contributed by atoms with van der Waals surface area (Å²) in [6.07, 6.45) is 0. The molecule has 2 rings (SSSR count). The number of hydrogen-bond acceptors (Lipinski definition) is 8. The van der Waals surface area contributed by atoms with Crippen LogP contribution in [0.1, 0.15) is 20.9 Å². The van der Waals surface area contributed by atoms with E-state index in [2.05, 4.69) is 25.1 Å². The van der Waals surface area contributed by atoms with Crippen LogP contribution in [0, 0.1) is 12.7 Å². The SMILES string of the molecule is [2H]c1c([2H])c(N=C(NO)c2nonc2NC([2H])([2H])C([2H])([2H])NS(N)(=O)=O)c([2H])c(C)c1F. The molecule has 1 aromatic heterocycles. The standard InChI is InChI=1S/C12H16FN7O4S/c1-7-6-8(2-3-9(7)13)17-12(18-21)10-11(20-24-19-10)15-4-5-16-25(14,22)23/h2-3,6,16,21H,4-5H2,1H3,(H,15,20)(H,17,18)(H2,14,22,23)/i2D,3D,4D2,5D2,6D. The van der Waals surface area contributed by atoms with Crippen LogP contribution in [0.15, 0.2) is 27.7 Å². The van der Waals surface area contributed by atoms with Gasteiger partial charge in [0.25, 0.3) is 10.2 Å². The molecular weight excluding hydrogens is 357 g/mol. The number of benzene rings is 1. The van der Waals surface area contributed by atoms with Gasteiger partial charge in [0, 0.05) is 15.7 Å². The van der Waals surface area contributed by atoms with Crippen LogP contribution >= 0.6 is 0 Å². The van der Waals surface area contributed by atoms with Gasteiger partial charge in [-0.1, -0.05) is 0 Å². The number of aromatic nitrogens is 2. The number of halogens is 1. The number of nitrogens with one attached hydrogen (secondary N) is 3. The first-order chi connectivity index (χ1) is 14.5. The molecule has 25 heavy (non-hydrogen) atoms. The van der Waals surface area contributed by atoms with Crippen molar-refractivity contribution in [1.29, 1.82) is 0 Å². The Bertz CT molecular complexity index is 1150. The van der Waals surface area contributed by atoms with Gasteiger partial charge in [-0.3, -0.25) is 10.7 Å². The Morgan fingerprint density at radius 3 is 2.96 bits per heavy atom. The molecule has 1 aromatic carbocycles. The molecule has 0 atom stereocenters. The minimum Gasteiger partial charge on any atom is -0.364 e. The van der Waals surface area contributed by atoms with Crippen LogP contribution in [0.3, 0.4) is 0 Å². The third-order valence-corrected chi connectivity index (χ3v) is 2.79. The molecule has 2 aromatic rings. The second-order valence-electron chi connectivity index (χ2n) is 4.22. The van der Waals surface area contributed by atoms with E-state index in [1.54, 1.807) is 5.48 Å². The maximum atomic E-state index is 13.9. The van der Waals surface area contributed by atoms with Gasteiger partial charge >= 0.3 is 0 Å². The Morgan fingerprint density at radius 1 is 1.52 bits per heavy atom. The fraction of sp³-hybridized carbons (Fsp3) is 0.250. The summed E-state index contributed by atoms with van der Waals surface area (Å²) in [4.78, 5) is 3.74. The van der Waals surface area contributed by atoms with Gasteiger partial charge in [-0.05, 0) is 40.9 Å². The summed E-state index contributed by atoms with van der Waals surface area (Å²) in [6, 6.07) is -2.27. The topological polar surface area (TPSA) is 168 Å². The molecule has 0 unspecified atom stereocenters. The highest BCUT2D eigenvalue weighted by atomic mass is 32.2. The van der Waals surface area contributed by atoms with Gasteiger partial charge in [0.05, 0.1) is 12.5 Å². The Labute approximate surface area is 152 Å². The number of amidine groups is 1. The zero-order chi connectivity index (χ0) is 24.6. The smallest absolute Gasteiger partial charge is 0.274 e. The van der Waals surface area contributed by atoms with Gasteiger partial charge < -0.3 is 5.32 Å². The maximum absolute atomic E-state index is 13.9. The normalized spacial score (nSPS) is 17.4. The average molecular weight is 380 g/mol. The molecule has 13 heteroatoms. The molecule has 6 N–H and O–H groups in total. The third-order valence-electron chi connectivity index (χ3n) is 2.40. The lowest BCUT2D eigenvalue weighted by atomic mass is 10.2. The monoisotopic (exact) mass is 380 g/mol. The fourth-order valence-electron chi connectivity index (χ4n) is 1.38. The zero-order valence-electron chi connectivity index (χ0n) is 19.4. The van der Waals surface area contributed by atoms with Crippen LogP contribution < -0.4 is 20.7 Å². The first-order valence-corrected chi connectivity index (χ1v) is 7.74. The van der Waals surface area contributed by atoms with E-state index in [4.69, 9.17) is 9.60 Å². The van der Waals surface area contributed by atoms with Gasteiger partial charge in [0.2, 0.25) is 5.82 Å². The number of nitrogens with zero attached hydrogens (tertiary/aromatic N) is 3. The summed E-state index contributed by atoms with van der Waals surface area (Å²) in [5.74, 6) is -2.52. The minimum absolute atomic E-state index is 0.308. The van der Waals surface area contributed by atoms with Gasteiger partial charge in [0.15, 0.2) is 11.5 Å². The molecule has 0 saturated heterocycles. The molecule has 0 aliphatic rings. The van der Waals surface area contributed by atoms with E-state index in [1.807, 2.05) is 5.32 Å². The number of anilines is 1. The molecule has 136 valence electrons. The lowest BCUT2D eigenvalue weighted by Crippen LogP contribution is -2.34. The Kier molecular flexibility index (Phi) is 3.54. The molecule has 0 spiro atoms. The van der Waals surface area contributed by atoms with Crippen molar-refractivity contribution in [3.8, 4) is 0 Å². The Balaban J connectivity index is 2.53. The van der Waals surface area contributed by atoms with Gasteiger partial charge in [-0.2, -0.15) is 8.42 Å². The van der Waals surface area contributed by atoms with E-state index in [0.29, 0.717) is 0 Å². The maximum Gasteiger partial charge on any atom is 0.274 e. The fourth-order valence-corrected chi connectivity index (χ4v) is 1.58. The second-order valence-corrected chi connectivity index (χ2v) is 5.51. The molecular formula is C12H16FN7O4S. The van der Waals surface area contributed by atoms with E-state index >= 15 is 0 Å². The summed E-state index contributed by atoms with van der Waals surface area (Å²) < 4.78 is 95.8. The van der Waals surface area contributed by atoms with Crippen molar-refractivity contribution >= 4 is 27.6 Å². The van der Waals surface area contributed by atoms with Crippen molar-refractivity contribution in [2.75, 3.05) is 18.3 Å². The first-order valence-electron chi connectivity index (χ1n) is 9.70. The summed E-state index contributed by atoms with van der Waals surface area (Å²) in [6.45, 7) is -5.38. The molecule has 0 aliphatic heterocycles. The molecule has 0 saturated carbocycles. The van der Waals surface area contributed by atoms with Gasteiger partial charge in [-0.25, -0.2) is 23.9 Å². The Morgan fingerprint density at radius 2 is 2.28 bits per heavy atom. The quantitative estimate of drug-likeness (QED) is 0.249. The highest BCUT2D eigenvalue weighted by Gasteiger charge is 2.16. The number of aliphatic imine (C=N–C) groups is 1. The first kappa shape index (κ1) is 11.1. The van der Waals surface area contributed by atoms with Crippen molar-refractivity contribution in [1.82, 2.24) is 20.5 Å². The molecule has 0 amide bonds. The van der Waals surface area contributed by atoms with Crippen molar-refractivity contribution < 1.29 is 32.2 Å².